The van der Waals surface area contributed by atoms with Crippen LogP contribution in [0.2, 0.25) is 5.15 Å². The molecule has 7 nitrogen and oxygen atoms in total. The molecule has 0 bridgehead atoms. The maximum absolute atomic E-state index is 13.0. The van der Waals surface area contributed by atoms with Crippen LogP contribution < -0.4 is 10.6 Å². The molecular weight excluding hydrogens is 368 g/mol. The normalized spacial score (nSPS) is 28.0. The number of nitrogens with one attached hydrogen (secondary N) is 2. The Labute approximate surface area is 164 Å². The Morgan fingerprint density at radius 1 is 1.37 bits per heavy atom. The number of amides is 2. The fourth-order valence-electron chi connectivity index (χ4n) is 4.44. The zero-order valence-corrected chi connectivity index (χ0v) is 16.3. The highest BCUT2D eigenvalue weighted by Gasteiger charge is 2.52. The first-order chi connectivity index (χ1) is 13.0. The van der Waals surface area contributed by atoms with Crippen LogP contribution >= 0.6 is 11.6 Å². The molecule has 0 aromatic carbocycles. The minimum absolute atomic E-state index is 0.0144. The largest absolute Gasteiger partial charge is 0.360 e. The molecular formula is C19H27ClN4O3. The van der Waals surface area contributed by atoms with E-state index in [1.807, 2.05) is 0 Å². The lowest BCUT2D eigenvalue weighted by Crippen LogP contribution is -2.57. The highest BCUT2D eigenvalue weighted by molar-refractivity contribution is 6.29. The number of rotatable bonds is 7. The predicted molar refractivity (Wildman–Crippen MR) is 100 cm³/mol. The number of aryl methyl sites for hydroxylation is 1. The standard InChI is InChI=1S/C19H27ClN4O3/c20-16-9-15(27-23-16)5-6-17(25)22-14-10-19(7-1-2-8-24(19)12-14)18(26)21-11-13-3-4-13/h9,13-14H,1-8,10-12H2,(H,21,26)(H,22,25)/t14-,19-/m0/s1. The summed E-state index contributed by atoms with van der Waals surface area (Å²) < 4.78 is 5.04. The molecule has 2 amide bonds. The van der Waals surface area contributed by atoms with Gasteiger partial charge in [0.2, 0.25) is 11.8 Å². The molecule has 0 radical (unpaired) electrons. The van der Waals surface area contributed by atoms with Crippen LogP contribution in [0.5, 0.6) is 0 Å². The van der Waals surface area contributed by atoms with Gasteiger partial charge in [0.05, 0.1) is 0 Å². The molecule has 2 atom stereocenters. The second-order valence-corrected chi connectivity index (χ2v) is 8.56. The first-order valence-corrected chi connectivity index (χ1v) is 10.4. The van der Waals surface area contributed by atoms with Crippen molar-refractivity contribution in [1.82, 2.24) is 20.7 Å². The van der Waals surface area contributed by atoms with Gasteiger partial charge in [0.1, 0.15) is 11.3 Å². The zero-order chi connectivity index (χ0) is 18.9. The Kier molecular flexibility index (Phi) is 5.41. The molecule has 3 aliphatic rings. The van der Waals surface area contributed by atoms with Gasteiger partial charge in [-0.25, -0.2) is 0 Å². The van der Waals surface area contributed by atoms with E-state index in [0.29, 0.717) is 36.1 Å². The summed E-state index contributed by atoms with van der Waals surface area (Å²) in [6, 6.07) is 1.64. The predicted octanol–water partition coefficient (Wildman–Crippen LogP) is 1.90. The number of halogens is 1. The van der Waals surface area contributed by atoms with Crippen LogP contribution in [0.4, 0.5) is 0 Å². The van der Waals surface area contributed by atoms with Gasteiger partial charge in [-0.1, -0.05) is 16.8 Å². The highest BCUT2D eigenvalue weighted by atomic mass is 35.5. The van der Waals surface area contributed by atoms with E-state index in [2.05, 4.69) is 20.7 Å². The van der Waals surface area contributed by atoms with Gasteiger partial charge < -0.3 is 15.2 Å². The molecule has 3 heterocycles. The molecule has 1 aliphatic carbocycles. The van der Waals surface area contributed by atoms with Gasteiger partial charge >= 0.3 is 0 Å². The summed E-state index contributed by atoms with van der Waals surface area (Å²) in [5.74, 6) is 1.40. The highest BCUT2D eigenvalue weighted by Crippen LogP contribution is 2.38. The Bertz CT molecular complexity index is 705. The summed E-state index contributed by atoms with van der Waals surface area (Å²) in [7, 11) is 0. The molecule has 3 fully saturated rings. The molecule has 2 N–H and O–H groups in total. The van der Waals surface area contributed by atoms with Crippen LogP contribution in [-0.2, 0) is 16.0 Å². The average Bonchev–Trinajstić information content (AvgIpc) is 3.27. The molecule has 1 aromatic rings. The van der Waals surface area contributed by atoms with E-state index < -0.39 is 5.54 Å². The van der Waals surface area contributed by atoms with Crippen molar-refractivity contribution >= 4 is 23.4 Å². The van der Waals surface area contributed by atoms with E-state index in [-0.39, 0.29) is 17.9 Å². The van der Waals surface area contributed by atoms with E-state index >= 15 is 0 Å². The number of hydrogen-bond donors (Lipinski definition) is 2. The Balaban J connectivity index is 1.32. The Morgan fingerprint density at radius 3 is 2.96 bits per heavy atom. The summed E-state index contributed by atoms with van der Waals surface area (Å²) in [6.07, 6.45) is 7.01. The molecule has 8 heteroatoms. The molecule has 0 spiro atoms. The van der Waals surface area contributed by atoms with Crippen molar-refractivity contribution in [2.45, 2.75) is 62.9 Å². The lowest BCUT2D eigenvalue weighted by Gasteiger charge is -2.40. The number of piperidine rings is 1. The monoisotopic (exact) mass is 394 g/mol. The number of fused-ring (bicyclic) bond motifs is 1. The van der Waals surface area contributed by atoms with Gasteiger partial charge in [-0.15, -0.1) is 0 Å². The van der Waals surface area contributed by atoms with Gasteiger partial charge in [0.15, 0.2) is 5.15 Å². The van der Waals surface area contributed by atoms with Crippen LogP contribution in [0, 0.1) is 5.92 Å². The fraction of sp³-hybridized carbons (Fsp3) is 0.737. The summed E-state index contributed by atoms with van der Waals surface area (Å²) >= 11 is 5.73. The van der Waals surface area contributed by atoms with Gasteiger partial charge in [0.25, 0.3) is 0 Å². The fourth-order valence-corrected chi connectivity index (χ4v) is 4.60. The maximum Gasteiger partial charge on any atom is 0.240 e. The lowest BCUT2D eigenvalue weighted by molar-refractivity contribution is -0.134. The summed E-state index contributed by atoms with van der Waals surface area (Å²) in [5, 5.41) is 10.2. The number of carbonyl (C=O) groups excluding carboxylic acids is 2. The number of carbonyl (C=O) groups is 2. The van der Waals surface area contributed by atoms with Crippen LogP contribution in [0.25, 0.3) is 0 Å². The first kappa shape index (κ1) is 18.7. The van der Waals surface area contributed by atoms with Crippen molar-refractivity contribution in [3.8, 4) is 0 Å². The van der Waals surface area contributed by atoms with E-state index in [9.17, 15) is 9.59 Å². The molecule has 1 saturated carbocycles. The van der Waals surface area contributed by atoms with Crippen molar-refractivity contribution in [2.75, 3.05) is 19.6 Å². The third-order valence-corrected chi connectivity index (χ3v) is 6.24. The van der Waals surface area contributed by atoms with Gasteiger partial charge in [-0.05, 0) is 51.0 Å². The summed E-state index contributed by atoms with van der Waals surface area (Å²) in [4.78, 5) is 27.6. The maximum atomic E-state index is 13.0. The topological polar surface area (TPSA) is 87.5 Å². The third-order valence-electron chi connectivity index (χ3n) is 6.06. The number of hydrogen-bond acceptors (Lipinski definition) is 5. The Hall–Kier alpha value is -1.60. The quantitative estimate of drug-likeness (QED) is 0.737. The molecule has 0 unspecified atom stereocenters. The summed E-state index contributed by atoms with van der Waals surface area (Å²) in [5.41, 5.74) is -0.441. The van der Waals surface area contributed by atoms with Crippen LogP contribution in [-0.4, -0.2) is 53.1 Å². The second kappa shape index (κ2) is 7.80. The molecule has 4 rings (SSSR count). The van der Waals surface area contributed by atoms with Gasteiger partial charge in [-0.3, -0.25) is 14.5 Å². The molecule has 27 heavy (non-hydrogen) atoms. The van der Waals surface area contributed by atoms with Crippen LogP contribution in [0.1, 0.15) is 50.7 Å². The van der Waals surface area contributed by atoms with Crippen LogP contribution in [0.15, 0.2) is 10.6 Å². The molecule has 2 aliphatic heterocycles. The molecule has 148 valence electrons. The first-order valence-electron chi connectivity index (χ1n) is 9.99. The van der Waals surface area contributed by atoms with Crippen molar-refractivity contribution < 1.29 is 14.1 Å². The molecule has 2 saturated heterocycles. The average molecular weight is 395 g/mol. The SMILES string of the molecule is O=C(CCc1cc(Cl)no1)N[C@@H]1CN2CCCC[C@@]2(C(=O)NCC2CC2)C1. The number of nitrogens with zero attached hydrogens (tertiary/aromatic N) is 2. The van der Waals surface area contributed by atoms with Crippen LogP contribution in [0.3, 0.4) is 0 Å². The van der Waals surface area contributed by atoms with Crippen molar-refractivity contribution in [3.05, 3.63) is 17.0 Å². The lowest BCUT2D eigenvalue weighted by atomic mass is 9.84. The van der Waals surface area contributed by atoms with E-state index in [4.69, 9.17) is 16.1 Å². The van der Waals surface area contributed by atoms with Gasteiger partial charge in [0, 0.05) is 38.0 Å². The zero-order valence-electron chi connectivity index (χ0n) is 15.5. The van der Waals surface area contributed by atoms with E-state index in [0.717, 1.165) is 38.9 Å². The number of aromatic nitrogens is 1. The van der Waals surface area contributed by atoms with Crippen molar-refractivity contribution in [3.63, 3.8) is 0 Å². The van der Waals surface area contributed by atoms with E-state index in [1.165, 1.54) is 12.8 Å². The Morgan fingerprint density at radius 2 is 2.22 bits per heavy atom. The second-order valence-electron chi connectivity index (χ2n) is 8.17. The van der Waals surface area contributed by atoms with E-state index in [1.54, 1.807) is 6.07 Å². The third kappa shape index (κ3) is 4.29. The smallest absolute Gasteiger partial charge is 0.240 e. The minimum Gasteiger partial charge on any atom is -0.360 e. The minimum atomic E-state index is -0.441. The van der Waals surface area contributed by atoms with Crippen molar-refractivity contribution in [2.24, 2.45) is 5.92 Å². The summed E-state index contributed by atoms with van der Waals surface area (Å²) in [6.45, 7) is 2.47. The van der Waals surface area contributed by atoms with Gasteiger partial charge in [-0.2, -0.15) is 0 Å². The molecule has 1 aromatic heterocycles. The van der Waals surface area contributed by atoms with Crippen molar-refractivity contribution in [1.29, 1.82) is 0 Å².